The minimum absolute atomic E-state index is 0.0794. The van der Waals surface area contributed by atoms with E-state index in [1.807, 2.05) is 13.8 Å². The van der Waals surface area contributed by atoms with Crippen molar-refractivity contribution in [3.63, 3.8) is 0 Å². The van der Waals surface area contributed by atoms with Crippen LogP contribution in [0.25, 0.3) is 0 Å². The zero-order valence-electron chi connectivity index (χ0n) is 15.9. The van der Waals surface area contributed by atoms with Gasteiger partial charge in [0.05, 0.1) is 0 Å². The molecule has 0 radical (unpaired) electrons. The van der Waals surface area contributed by atoms with E-state index in [4.69, 9.17) is 5.73 Å². The van der Waals surface area contributed by atoms with Crippen LogP contribution in [0.4, 0.5) is 11.5 Å². The molecule has 0 aliphatic heterocycles. The standard InChI is InChI=1S/C18H32N4O3/c1-5-7-9-14(23)21(12-10-13(3)4)15-16(19)22(11-8-6-2)18(25)20-17(15)24/h13H,5-12,19H2,1-4H3,(H,20,24,25). The lowest BCUT2D eigenvalue weighted by molar-refractivity contribution is -0.118. The van der Waals surface area contributed by atoms with Gasteiger partial charge in [0.25, 0.3) is 5.56 Å². The number of amides is 1. The smallest absolute Gasteiger partial charge is 0.330 e. The van der Waals surface area contributed by atoms with Gasteiger partial charge in [-0.25, -0.2) is 4.79 Å². The number of rotatable bonds is 10. The summed E-state index contributed by atoms with van der Waals surface area (Å²) in [6.45, 7) is 8.98. The van der Waals surface area contributed by atoms with Gasteiger partial charge in [0.1, 0.15) is 5.82 Å². The molecule has 0 aliphatic rings. The molecule has 7 nitrogen and oxygen atoms in total. The molecule has 25 heavy (non-hydrogen) atoms. The Balaban J connectivity index is 3.33. The molecule has 0 bridgehead atoms. The largest absolute Gasteiger partial charge is 0.383 e. The van der Waals surface area contributed by atoms with Crippen LogP contribution in [0, 0.1) is 5.92 Å². The maximum Gasteiger partial charge on any atom is 0.330 e. The molecule has 1 aromatic heterocycles. The van der Waals surface area contributed by atoms with Crippen molar-refractivity contribution in [1.29, 1.82) is 0 Å². The molecule has 1 aromatic rings. The normalized spacial score (nSPS) is 11.1. The molecule has 0 atom stereocenters. The number of carbonyl (C=O) groups excluding carboxylic acids is 1. The van der Waals surface area contributed by atoms with Crippen molar-refractivity contribution in [1.82, 2.24) is 9.55 Å². The van der Waals surface area contributed by atoms with Crippen molar-refractivity contribution in [3.8, 4) is 0 Å². The number of aromatic nitrogens is 2. The quantitative estimate of drug-likeness (QED) is 0.675. The summed E-state index contributed by atoms with van der Waals surface area (Å²) in [5.41, 5.74) is 5.14. The number of nitrogens with one attached hydrogen (secondary N) is 1. The van der Waals surface area contributed by atoms with E-state index in [0.717, 1.165) is 32.1 Å². The Hall–Kier alpha value is -2.05. The lowest BCUT2D eigenvalue weighted by atomic mass is 10.1. The van der Waals surface area contributed by atoms with Crippen LogP contribution in [-0.4, -0.2) is 22.0 Å². The first-order chi connectivity index (χ1) is 11.8. The van der Waals surface area contributed by atoms with Crippen LogP contribution < -0.4 is 21.9 Å². The second-order valence-electron chi connectivity index (χ2n) is 6.83. The summed E-state index contributed by atoms with van der Waals surface area (Å²) in [4.78, 5) is 40.9. The van der Waals surface area contributed by atoms with Gasteiger partial charge in [-0.3, -0.25) is 19.1 Å². The van der Waals surface area contributed by atoms with Gasteiger partial charge < -0.3 is 10.6 Å². The van der Waals surface area contributed by atoms with Gasteiger partial charge in [0.15, 0.2) is 5.69 Å². The van der Waals surface area contributed by atoms with E-state index in [1.165, 1.54) is 9.47 Å². The summed E-state index contributed by atoms with van der Waals surface area (Å²) < 4.78 is 1.36. The third-order valence-corrected chi connectivity index (χ3v) is 4.19. The minimum atomic E-state index is -0.594. The third-order valence-electron chi connectivity index (χ3n) is 4.19. The molecule has 0 aromatic carbocycles. The molecule has 3 N–H and O–H groups in total. The van der Waals surface area contributed by atoms with Crippen molar-refractivity contribution in [2.45, 2.75) is 72.8 Å². The molecule has 0 saturated carbocycles. The summed E-state index contributed by atoms with van der Waals surface area (Å²) in [5, 5.41) is 0. The monoisotopic (exact) mass is 352 g/mol. The fourth-order valence-corrected chi connectivity index (χ4v) is 2.59. The number of hydrogen-bond donors (Lipinski definition) is 2. The predicted octanol–water partition coefficient (Wildman–Crippen LogP) is 2.49. The predicted molar refractivity (Wildman–Crippen MR) is 102 cm³/mol. The van der Waals surface area contributed by atoms with Gasteiger partial charge in [0, 0.05) is 19.5 Å². The van der Waals surface area contributed by atoms with Crippen LogP contribution in [0.1, 0.15) is 66.2 Å². The van der Waals surface area contributed by atoms with E-state index < -0.39 is 11.2 Å². The van der Waals surface area contributed by atoms with E-state index in [2.05, 4.69) is 18.8 Å². The number of carbonyl (C=O) groups is 1. The molecular weight excluding hydrogens is 320 g/mol. The topological polar surface area (TPSA) is 101 Å². The van der Waals surface area contributed by atoms with E-state index in [0.29, 0.717) is 25.4 Å². The lowest BCUT2D eigenvalue weighted by Gasteiger charge is -2.25. The Bertz CT molecular complexity index is 676. The molecule has 0 aliphatic carbocycles. The van der Waals surface area contributed by atoms with Crippen molar-refractivity contribution >= 4 is 17.4 Å². The third kappa shape index (κ3) is 5.76. The van der Waals surface area contributed by atoms with Gasteiger partial charge in [-0.05, 0) is 25.2 Å². The Kier molecular flexibility index (Phi) is 8.45. The van der Waals surface area contributed by atoms with Crippen molar-refractivity contribution < 1.29 is 4.79 Å². The first-order valence-corrected chi connectivity index (χ1v) is 9.26. The van der Waals surface area contributed by atoms with E-state index in [9.17, 15) is 14.4 Å². The SMILES string of the molecule is CCCCC(=O)N(CCC(C)C)c1c(N)n(CCCC)c(=O)[nH]c1=O. The summed E-state index contributed by atoms with van der Waals surface area (Å²) in [7, 11) is 0. The van der Waals surface area contributed by atoms with E-state index in [1.54, 1.807) is 0 Å². The van der Waals surface area contributed by atoms with Gasteiger partial charge in [-0.2, -0.15) is 0 Å². The average Bonchev–Trinajstić information content (AvgIpc) is 2.54. The summed E-state index contributed by atoms with van der Waals surface area (Å²) in [6.07, 6.45) is 4.43. The Morgan fingerprint density at radius 2 is 1.84 bits per heavy atom. The second kappa shape index (κ2) is 10.1. The van der Waals surface area contributed by atoms with Crippen LogP contribution >= 0.6 is 0 Å². The summed E-state index contributed by atoms with van der Waals surface area (Å²) in [6, 6.07) is 0. The zero-order chi connectivity index (χ0) is 19.0. The molecule has 0 fully saturated rings. The number of nitrogens with zero attached hydrogens (tertiary/aromatic N) is 2. The lowest BCUT2D eigenvalue weighted by Crippen LogP contribution is -2.41. The molecular formula is C18H32N4O3. The van der Waals surface area contributed by atoms with Crippen LogP contribution in [-0.2, 0) is 11.3 Å². The fraction of sp³-hybridized carbons (Fsp3) is 0.722. The van der Waals surface area contributed by atoms with Crippen molar-refractivity contribution in [2.75, 3.05) is 17.2 Å². The van der Waals surface area contributed by atoms with Gasteiger partial charge in [-0.1, -0.05) is 40.5 Å². The van der Waals surface area contributed by atoms with Crippen LogP contribution in [0.5, 0.6) is 0 Å². The highest BCUT2D eigenvalue weighted by molar-refractivity contribution is 5.95. The molecule has 1 amide bonds. The molecule has 0 unspecified atom stereocenters. The molecule has 0 spiro atoms. The number of hydrogen-bond acceptors (Lipinski definition) is 4. The van der Waals surface area contributed by atoms with E-state index in [-0.39, 0.29) is 17.4 Å². The van der Waals surface area contributed by atoms with Crippen LogP contribution in [0.15, 0.2) is 9.59 Å². The van der Waals surface area contributed by atoms with Crippen LogP contribution in [0.3, 0.4) is 0 Å². The highest BCUT2D eigenvalue weighted by Crippen LogP contribution is 2.20. The number of H-pyrrole nitrogens is 1. The number of anilines is 2. The molecule has 1 heterocycles. The van der Waals surface area contributed by atoms with Crippen molar-refractivity contribution in [3.05, 3.63) is 20.8 Å². The number of aromatic amines is 1. The van der Waals surface area contributed by atoms with Gasteiger partial charge in [0.2, 0.25) is 5.91 Å². The van der Waals surface area contributed by atoms with Crippen LogP contribution in [0.2, 0.25) is 0 Å². The van der Waals surface area contributed by atoms with E-state index >= 15 is 0 Å². The minimum Gasteiger partial charge on any atom is -0.383 e. The Labute approximate surface area is 149 Å². The van der Waals surface area contributed by atoms with Crippen molar-refractivity contribution in [2.24, 2.45) is 5.92 Å². The Morgan fingerprint density at radius 1 is 1.20 bits per heavy atom. The summed E-state index contributed by atoms with van der Waals surface area (Å²) >= 11 is 0. The average molecular weight is 352 g/mol. The molecule has 142 valence electrons. The fourth-order valence-electron chi connectivity index (χ4n) is 2.59. The maximum absolute atomic E-state index is 12.7. The number of nitrogen functional groups attached to an aromatic ring is 1. The zero-order valence-corrected chi connectivity index (χ0v) is 15.9. The number of nitrogens with two attached hydrogens (primary N) is 1. The first kappa shape index (κ1) is 21.0. The number of unbranched alkanes of at least 4 members (excludes halogenated alkanes) is 2. The first-order valence-electron chi connectivity index (χ1n) is 9.26. The van der Waals surface area contributed by atoms with Gasteiger partial charge >= 0.3 is 5.69 Å². The highest BCUT2D eigenvalue weighted by atomic mass is 16.2. The highest BCUT2D eigenvalue weighted by Gasteiger charge is 2.23. The molecule has 1 rings (SSSR count). The Morgan fingerprint density at radius 3 is 2.40 bits per heavy atom. The second-order valence-corrected chi connectivity index (χ2v) is 6.83. The molecule has 0 saturated heterocycles. The van der Waals surface area contributed by atoms with Gasteiger partial charge in [-0.15, -0.1) is 0 Å². The molecule has 7 heteroatoms. The summed E-state index contributed by atoms with van der Waals surface area (Å²) in [5.74, 6) is 0.337. The maximum atomic E-state index is 12.7.